The summed E-state index contributed by atoms with van der Waals surface area (Å²) in [6.07, 6.45) is 3.05. The van der Waals surface area contributed by atoms with Crippen LogP contribution in [0.5, 0.6) is 11.5 Å². The molecule has 1 unspecified atom stereocenters. The molecule has 1 saturated carbocycles. The third-order valence-corrected chi connectivity index (χ3v) is 4.70. The van der Waals surface area contributed by atoms with E-state index in [0.717, 1.165) is 30.4 Å². The van der Waals surface area contributed by atoms with Gasteiger partial charge in [-0.15, -0.1) is 0 Å². The van der Waals surface area contributed by atoms with Crippen LogP contribution in [0.4, 0.5) is 0 Å². The van der Waals surface area contributed by atoms with Crippen molar-refractivity contribution >= 4 is 5.91 Å². The molecule has 0 heterocycles. The van der Waals surface area contributed by atoms with Gasteiger partial charge in [0.2, 0.25) is 5.91 Å². The van der Waals surface area contributed by atoms with Gasteiger partial charge < -0.3 is 14.8 Å². The number of hydrogen-bond acceptors (Lipinski definition) is 3. The average Bonchev–Trinajstić information content (AvgIpc) is 3.47. The predicted octanol–water partition coefficient (Wildman–Crippen LogP) is 3.56. The fourth-order valence-electron chi connectivity index (χ4n) is 3.20. The van der Waals surface area contributed by atoms with Crippen LogP contribution in [0.15, 0.2) is 48.5 Å². The van der Waals surface area contributed by atoms with Crippen molar-refractivity contribution < 1.29 is 14.3 Å². The summed E-state index contributed by atoms with van der Waals surface area (Å²) in [5, 5.41) is 3.11. The van der Waals surface area contributed by atoms with Gasteiger partial charge in [-0.1, -0.05) is 36.4 Å². The molecule has 0 aliphatic heterocycles. The number of carbonyl (C=O) groups excluding carboxylic acids is 1. The Morgan fingerprint density at radius 2 is 1.80 bits per heavy atom. The zero-order valence-electron chi connectivity index (χ0n) is 14.8. The fraction of sp³-hybridized carbons (Fsp3) is 0.381. The van der Waals surface area contributed by atoms with Gasteiger partial charge in [-0.25, -0.2) is 0 Å². The molecule has 0 saturated heterocycles. The van der Waals surface area contributed by atoms with E-state index >= 15 is 0 Å². The summed E-state index contributed by atoms with van der Waals surface area (Å²) in [6.45, 7) is 0.615. The first-order valence-electron chi connectivity index (χ1n) is 8.76. The molecule has 0 radical (unpaired) electrons. The molecule has 0 bridgehead atoms. The second-order valence-corrected chi connectivity index (χ2v) is 6.46. The quantitative estimate of drug-likeness (QED) is 0.800. The van der Waals surface area contributed by atoms with Gasteiger partial charge in [-0.3, -0.25) is 4.79 Å². The number of amides is 1. The molecule has 2 aromatic carbocycles. The van der Waals surface area contributed by atoms with Gasteiger partial charge in [0.05, 0.1) is 20.1 Å². The van der Waals surface area contributed by atoms with E-state index in [0.29, 0.717) is 24.0 Å². The van der Waals surface area contributed by atoms with Crippen molar-refractivity contribution in [3.8, 4) is 11.5 Å². The standard InChI is InChI=1S/C21H25NO3/c1-24-18-11-8-15(14-19(18)25-2)12-13-22-21(23)20(17-9-10-17)16-6-4-3-5-7-16/h3-8,11,14,17,20H,9-10,12-13H2,1-2H3,(H,22,23). The summed E-state index contributed by atoms with van der Waals surface area (Å²) in [4.78, 5) is 12.7. The first-order chi connectivity index (χ1) is 12.2. The molecule has 1 amide bonds. The van der Waals surface area contributed by atoms with Gasteiger partial charge in [-0.2, -0.15) is 0 Å². The molecule has 1 aliphatic carbocycles. The highest BCUT2D eigenvalue weighted by molar-refractivity contribution is 5.84. The maximum Gasteiger partial charge on any atom is 0.227 e. The number of benzene rings is 2. The number of rotatable bonds is 8. The zero-order chi connectivity index (χ0) is 17.6. The number of carbonyl (C=O) groups is 1. The first kappa shape index (κ1) is 17.3. The van der Waals surface area contributed by atoms with Crippen LogP contribution in [-0.4, -0.2) is 26.7 Å². The molecular formula is C21H25NO3. The van der Waals surface area contributed by atoms with E-state index in [9.17, 15) is 4.79 Å². The van der Waals surface area contributed by atoms with Crippen LogP contribution in [0.1, 0.15) is 29.9 Å². The summed E-state index contributed by atoms with van der Waals surface area (Å²) in [7, 11) is 3.25. The lowest BCUT2D eigenvalue weighted by Gasteiger charge is -2.17. The van der Waals surface area contributed by atoms with E-state index in [1.165, 1.54) is 0 Å². The molecule has 3 rings (SSSR count). The van der Waals surface area contributed by atoms with Gasteiger partial charge in [0.25, 0.3) is 0 Å². The Labute approximate surface area is 149 Å². The van der Waals surface area contributed by atoms with Crippen molar-refractivity contribution in [2.75, 3.05) is 20.8 Å². The normalized spacial score (nSPS) is 14.6. The summed E-state index contributed by atoms with van der Waals surface area (Å²) in [5.41, 5.74) is 2.23. The van der Waals surface area contributed by atoms with Crippen molar-refractivity contribution in [1.29, 1.82) is 0 Å². The summed E-state index contributed by atoms with van der Waals surface area (Å²) < 4.78 is 10.6. The van der Waals surface area contributed by atoms with Crippen LogP contribution < -0.4 is 14.8 Å². The Balaban J connectivity index is 1.58. The highest BCUT2D eigenvalue weighted by Crippen LogP contribution is 2.42. The zero-order valence-corrected chi connectivity index (χ0v) is 14.8. The number of nitrogens with one attached hydrogen (secondary N) is 1. The lowest BCUT2D eigenvalue weighted by molar-refractivity contribution is -0.123. The van der Waals surface area contributed by atoms with Crippen molar-refractivity contribution in [1.82, 2.24) is 5.32 Å². The van der Waals surface area contributed by atoms with Gasteiger partial charge in [-0.05, 0) is 48.4 Å². The van der Waals surface area contributed by atoms with Gasteiger partial charge in [0.15, 0.2) is 11.5 Å². The molecule has 1 aliphatic rings. The molecule has 0 aromatic heterocycles. The number of methoxy groups -OCH3 is 2. The van der Waals surface area contributed by atoms with E-state index in [-0.39, 0.29) is 11.8 Å². The Hall–Kier alpha value is -2.49. The molecule has 2 aromatic rings. The highest BCUT2D eigenvalue weighted by Gasteiger charge is 2.36. The summed E-state index contributed by atoms with van der Waals surface area (Å²) in [6, 6.07) is 16.0. The van der Waals surface area contributed by atoms with Crippen molar-refractivity contribution in [2.45, 2.75) is 25.2 Å². The second-order valence-electron chi connectivity index (χ2n) is 6.46. The topological polar surface area (TPSA) is 47.6 Å². The van der Waals surface area contributed by atoms with Gasteiger partial charge in [0, 0.05) is 6.54 Å². The molecule has 4 nitrogen and oxygen atoms in total. The van der Waals surface area contributed by atoms with Gasteiger partial charge in [0.1, 0.15) is 0 Å². The third kappa shape index (κ3) is 4.32. The van der Waals surface area contributed by atoms with E-state index in [1.807, 2.05) is 36.4 Å². The molecule has 1 N–H and O–H groups in total. The van der Waals surface area contributed by atoms with Gasteiger partial charge >= 0.3 is 0 Å². The van der Waals surface area contributed by atoms with Crippen molar-refractivity contribution in [3.05, 3.63) is 59.7 Å². The number of hydrogen-bond donors (Lipinski definition) is 1. The molecular weight excluding hydrogens is 314 g/mol. The van der Waals surface area contributed by atoms with Crippen LogP contribution in [-0.2, 0) is 11.2 Å². The van der Waals surface area contributed by atoms with Crippen molar-refractivity contribution in [2.24, 2.45) is 5.92 Å². The first-order valence-corrected chi connectivity index (χ1v) is 8.76. The Morgan fingerprint density at radius 1 is 1.08 bits per heavy atom. The highest BCUT2D eigenvalue weighted by atomic mass is 16.5. The Bertz CT molecular complexity index is 710. The number of ether oxygens (including phenoxy) is 2. The summed E-state index contributed by atoms with van der Waals surface area (Å²) in [5.74, 6) is 2.03. The maximum atomic E-state index is 12.7. The molecule has 0 spiro atoms. The van der Waals surface area contributed by atoms with Crippen molar-refractivity contribution in [3.63, 3.8) is 0 Å². The second kappa shape index (κ2) is 8.06. The monoisotopic (exact) mass is 339 g/mol. The van der Waals surface area contributed by atoms with Crippen LogP contribution >= 0.6 is 0 Å². The SMILES string of the molecule is COc1ccc(CCNC(=O)C(c2ccccc2)C2CC2)cc1OC. The molecule has 25 heavy (non-hydrogen) atoms. The van der Waals surface area contributed by atoms with E-state index in [2.05, 4.69) is 17.4 Å². The molecule has 132 valence electrons. The Morgan fingerprint density at radius 3 is 2.44 bits per heavy atom. The van der Waals surface area contributed by atoms with E-state index in [4.69, 9.17) is 9.47 Å². The van der Waals surface area contributed by atoms with Crippen LogP contribution in [0.25, 0.3) is 0 Å². The fourth-order valence-corrected chi connectivity index (χ4v) is 3.20. The van der Waals surface area contributed by atoms with Crippen LogP contribution in [0.3, 0.4) is 0 Å². The van der Waals surface area contributed by atoms with E-state index in [1.54, 1.807) is 14.2 Å². The Kier molecular flexibility index (Phi) is 5.59. The molecule has 4 heteroatoms. The minimum absolute atomic E-state index is 0.0217. The molecule has 1 atom stereocenters. The third-order valence-electron chi connectivity index (χ3n) is 4.70. The summed E-state index contributed by atoms with van der Waals surface area (Å²) >= 11 is 0. The van der Waals surface area contributed by atoms with E-state index < -0.39 is 0 Å². The van der Waals surface area contributed by atoms with Crippen LogP contribution in [0, 0.1) is 5.92 Å². The minimum Gasteiger partial charge on any atom is -0.493 e. The maximum absolute atomic E-state index is 12.7. The lowest BCUT2D eigenvalue weighted by Crippen LogP contribution is -2.32. The smallest absolute Gasteiger partial charge is 0.227 e. The minimum atomic E-state index is -0.0217. The lowest BCUT2D eigenvalue weighted by atomic mass is 9.93. The average molecular weight is 339 g/mol. The predicted molar refractivity (Wildman–Crippen MR) is 98.2 cm³/mol. The van der Waals surface area contributed by atoms with Crippen LogP contribution in [0.2, 0.25) is 0 Å². The largest absolute Gasteiger partial charge is 0.493 e. The molecule has 1 fully saturated rings.